The average molecular weight is 767 g/mol. The summed E-state index contributed by atoms with van der Waals surface area (Å²) < 4.78 is 34.9. The molecule has 53 heavy (non-hydrogen) atoms. The summed E-state index contributed by atoms with van der Waals surface area (Å²) in [5, 5.41) is 21.8. The number of nitrogens with zero attached hydrogens (tertiary/aromatic N) is 1. The molecule has 3 aromatic carbocycles. The van der Waals surface area contributed by atoms with Crippen molar-refractivity contribution < 1.29 is 37.8 Å². The number of unbranched alkanes of at least 4 members (excludes halogenated alkanes) is 2. The third kappa shape index (κ3) is 11.0. The van der Waals surface area contributed by atoms with Crippen molar-refractivity contribution in [2.75, 3.05) is 30.1 Å². The lowest BCUT2D eigenvalue weighted by molar-refractivity contribution is -0.142. The molecule has 0 aromatic heterocycles. The topological polar surface area (TPSA) is 150 Å². The van der Waals surface area contributed by atoms with Gasteiger partial charge in [-0.3, -0.25) is 9.59 Å². The van der Waals surface area contributed by atoms with E-state index in [1.165, 1.54) is 23.9 Å². The molecule has 3 aromatic rings. The fourth-order valence-electron chi connectivity index (χ4n) is 7.08. The molecule has 1 aliphatic rings. The van der Waals surface area contributed by atoms with E-state index in [1.54, 1.807) is 25.1 Å². The molecule has 0 aliphatic carbocycles. The minimum absolute atomic E-state index is 0.0347. The van der Waals surface area contributed by atoms with Gasteiger partial charge in [0, 0.05) is 30.1 Å². The molecule has 0 fully saturated rings. The van der Waals surface area contributed by atoms with Crippen molar-refractivity contribution in [3.05, 3.63) is 72.3 Å². The standard InChI is InChI=1S/C41H54N2O8S2/c1-5-8-22-41(23-9-6-2)27-43(30-14-11-10-12-15-30)35-24-37(52-4)36(25-38(35)53(49,50)28-41)51-26-32(45)16-13-17-33(29-18-20-31(44)21-19-29)39(46)42-34(7-3)40(47)48/h10-12,14-15,18-21,24-25,33-34,44H,5-9,13,16-17,22-23,26-28H2,1-4H3,(H,42,46)(H,47,48). The first-order valence-electron chi connectivity index (χ1n) is 18.6. The summed E-state index contributed by atoms with van der Waals surface area (Å²) in [6.45, 7) is 6.23. The fraction of sp³-hybridized carbons (Fsp3) is 0.488. The minimum atomic E-state index is -3.76. The van der Waals surface area contributed by atoms with E-state index in [0.29, 0.717) is 30.0 Å². The lowest BCUT2D eigenvalue weighted by Gasteiger charge is -2.37. The maximum atomic E-state index is 14.4. The number of carbonyl (C=O) groups is 3. The van der Waals surface area contributed by atoms with Gasteiger partial charge < -0.3 is 25.2 Å². The first-order valence-corrected chi connectivity index (χ1v) is 21.5. The second-order valence-corrected chi connectivity index (χ2v) is 16.8. The van der Waals surface area contributed by atoms with E-state index in [0.717, 1.165) is 49.1 Å². The third-order valence-corrected chi connectivity index (χ3v) is 12.8. The van der Waals surface area contributed by atoms with Gasteiger partial charge in [0.1, 0.15) is 24.1 Å². The average Bonchev–Trinajstić information content (AvgIpc) is 3.24. The quantitative estimate of drug-likeness (QED) is 0.0959. The van der Waals surface area contributed by atoms with Crippen LogP contribution >= 0.6 is 11.8 Å². The number of Topliss-reactive ketones (excluding diaryl/α,β-unsaturated/α-hetero) is 1. The highest BCUT2D eigenvalue weighted by Crippen LogP contribution is 2.47. The summed E-state index contributed by atoms with van der Waals surface area (Å²) in [6, 6.07) is 18.5. The van der Waals surface area contributed by atoms with Gasteiger partial charge in [0.25, 0.3) is 0 Å². The number of aliphatic carboxylic acids is 1. The van der Waals surface area contributed by atoms with Gasteiger partial charge in [0.2, 0.25) is 5.91 Å². The van der Waals surface area contributed by atoms with Crippen molar-refractivity contribution >= 4 is 50.6 Å². The fourth-order valence-corrected chi connectivity index (χ4v) is 9.74. The number of aromatic hydroxyl groups is 1. The highest BCUT2D eigenvalue weighted by atomic mass is 32.2. The van der Waals surface area contributed by atoms with Crippen LogP contribution in [-0.2, 0) is 24.2 Å². The predicted molar refractivity (Wildman–Crippen MR) is 210 cm³/mol. The molecule has 4 rings (SSSR count). The number of sulfone groups is 1. The highest BCUT2D eigenvalue weighted by Gasteiger charge is 2.42. The number of carbonyl (C=O) groups excluding carboxylic acids is 2. The smallest absolute Gasteiger partial charge is 0.326 e. The number of fused-ring (bicyclic) bond motifs is 1. The number of phenolic OH excluding ortho intramolecular Hbond substituents is 1. The Balaban J connectivity index is 1.56. The molecule has 0 bridgehead atoms. The summed E-state index contributed by atoms with van der Waals surface area (Å²) in [5.74, 6) is -2.15. The molecule has 288 valence electrons. The molecule has 2 unspecified atom stereocenters. The molecular formula is C41H54N2O8S2. The van der Waals surface area contributed by atoms with E-state index >= 15 is 0 Å². The first kappa shape index (κ1) is 41.7. The van der Waals surface area contributed by atoms with Crippen LogP contribution in [0.5, 0.6) is 11.5 Å². The molecule has 12 heteroatoms. The molecule has 0 saturated carbocycles. The summed E-state index contributed by atoms with van der Waals surface area (Å²) >= 11 is 1.42. The Morgan fingerprint density at radius 2 is 1.62 bits per heavy atom. The number of ether oxygens (including phenoxy) is 1. The third-order valence-electron chi connectivity index (χ3n) is 10.0. The van der Waals surface area contributed by atoms with E-state index in [-0.39, 0.29) is 48.1 Å². The second-order valence-electron chi connectivity index (χ2n) is 14.0. The number of rotatable bonds is 20. The van der Waals surface area contributed by atoms with Crippen molar-refractivity contribution in [2.24, 2.45) is 5.41 Å². The van der Waals surface area contributed by atoms with E-state index in [4.69, 9.17) is 4.74 Å². The number of nitrogens with one attached hydrogen (secondary N) is 1. The van der Waals surface area contributed by atoms with E-state index < -0.39 is 39.1 Å². The summed E-state index contributed by atoms with van der Waals surface area (Å²) in [7, 11) is -3.76. The number of hydrogen-bond acceptors (Lipinski definition) is 9. The molecular weight excluding hydrogens is 713 g/mol. The Kier molecular flexibility index (Phi) is 15.2. The van der Waals surface area contributed by atoms with E-state index in [2.05, 4.69) is 24.1 Å². The monoisotopic (exact) mass is 766 g/mol. The lowest BCUT2D eigenvalue weighted by Crippen LogP contribution is -2.42. The largest absolute Gasteiger partial charge is 0.508 e. The predicted octanol–water partition coefficient (Wildman–Crippen LogP) is 8.29. The number of hydrogen-bond donors (Lipinski definition) is 3. The number of carboxylic acids is 1. The van der Waals surface area contributed by atoms with E-state index in [9.17, 15) is 33.0 Å². The van der Waals surface area contributed by atoms with Crippen LogP contribution in [0.2, 0.25) is 0 Å². The molecule has 0 radical (unpaired) electrons. The van der Waals surface area contributed by atoms with Gasteiger partial charge in [-0.05, 0) is 74.3 Å². The molecule has 0 spiro atoms. The molecule has 0 saturated heterocycles. The Morgan fingerprint density at radius 3 is 2.21 bits per heavy atom. The Hall–Kier alpha value is -4.03. The normalized spacial score (nSPS) is 15.8. The molecule has 1 heterocycles. The number of benzene rings is 3. The Labute approximate surface area is 318 Å². The van der Waals surface area contributed by atoms with Crippen LogP contribution in [0.3, 0.4) is 0 Å². The van der Waals surface area contributed by atoms with Crippen LogP contribution in [0.15, 0.2) is 76.5 Å². The summed E-state index contributed by atoms with van der Waals surface area (Å²) in [6.07, 6.45) is 8.22. The maximum absolute atomic E-state index is 14.4. The lowest BCUT2D eigenvalue weighted by atomic mass is 9.79. The SMILES string of the molecule is CCCCC1(CCCC)CN(c2ccccc2)c2cc(SC)c(OCC(=O)CCCC(C(=O)NC(CC)C(=O)O)c3ccc(O)cc3)cc2S(=O)(=O)C1. The van der Waals surface area contributed by atoms with E-state index in [1.807, 2.05) is 42.7 Å². The minimum Gasteiger partial charge on any atom is -0.508 e. The molecule has 1 aliphatic heterocycles. The van der Waals surface area contributed by atoms with Crippen LogP contribution in [-0.4, -0.2) is 67.5 Å². The van der Waals surface area contributed by atoms with Crippen molar-refractivity contribution in [1.82, 2.24) is 5.32 Å². The second kappa shape index (κ2) is 19.3. The number of ketones is 1. The number of anilines is 2. The van der Waals surface area contributed by atoms with Crippen LogP contribution in [0.25, 0.3) is 0 Å². The number of phenols is 1. The van der Waals surface area contributed by atoms with Crippen LogP contribution < -0.4 is 15.0 Å². The molecule has 3 N–H and O–H groups in total. The van der Waals surface area contributed by atoms with Crippen LogP contribution in [0.4, 0.5) is 11.4 Å². The number of thioether (sulfide) groups is 1. The van der Waals surface area contributed by atoms with Gasteiger partial charge in [-0.2, -0.15) is 0 Å². The number of amides is 1. The van der Waals surface area contributed by atoms with Gasteiger partial charge in [-0.15, -0.1) is 11.8 Å². The Morgan fingerprint density at radius 1 is 0.962 bits per heavy atom. The maximum Gasteiger partial charge on any atom is 0.326 e. The van der Waals surface area contributed by atoms with Crippen LogP contribution in [0, 0.1) is 5.41 Å². The molecule has 10 nitrogen and oxygen atoms in total. The summed E-state index contributed by atoms with van der Waals surface area (Å²) in [4.78, 5) is 41.0. The first-order chi connectivity index (χ1) is 25.4. The van der Waals surface area contributed by atoms with Gasteiger partial charge in [0.15, 0.2) is 15.6 Å². The zero-order chi connectivity index (χ0) is 38.6. The van der Waals surface area contributed by atoms with Gasteiger partial charge in [0.05, 0.1) is 27.1 Å². The molecule has 2 atom stereocenters. The zero-order valence-corrected chi connectivity index (χ0v) is 32.9. The zero-order valence-electron chi connectivity index (χ0n) is 31.3. The molecule has 1 amide bonds. The van der Waals surface area contributed by atoms with Crippen LogP contribution in [0.1, 0.15) is 96.5 Å². The number of carboxylic acid groups (broad SMARTS) is 1. The van der Waals surface area contributed by atoms with Crippen molar-refractivity contribution in [3.8, 4) is 11.5 Å². The van der Waals surface area contributed by atoms with Gasteiger partial charge in [-0.25, -0.2) is 13.2 Å². The summed E-state index contributed by atoms with van der Waals surface area (Å²) in [5.41, 5.74) is 1.70. The van der Waals surface area contributed by atoms with Gasteiger partial charge in [-0.1, -0.05) is 76.8 Å². The highest BCUT2D eigenvalue weighted by molar-refractivity contribution is 7.98. The van der Waals surface area contributed by atoms with Crippen molar-refractivity contribution in [3.63, 3.8) is 0 Å². The van der Waals surface area contributed by atoms with Gasteiger partial charge >= 0.3 is 5.97 Å². The Bertz CT molecular complexity index is 1790. The van der Waals surface area contributed by atoms with Crippen molar-refractivity contribution in [1.29, 1.82) is 0 Å². The van der Waals surface area contributed by atoms with Crippen molar-refractivity contribution in [2.45, 2.75) is 107 Å². The number of para-hydroxylation sites is 1.